The first-order valence-corrected chi connectivity index (χ1v) is 12.6. The van der Waals surface area contributed by atoms with Crippen LogP contribution in [0.15, 0.2) is 36.4 Å². The van der Waals surface area contributed by atoms with Crippen molar-refractivity contribution in [2.45, 2.75) is 32.4 Å². The number of rotatable bonds is 6. The highest BCUT2D eigenvalue weighted by Crippen LogP contribution is 2.33. The van der Waals surface area contributed by atoms with E-state index in [1.807, 2.05) is 55.1 Å². The summed E-state index contributed by atoms with van der Waals surface area (Å²) in [6.45, 7) is 4.83. The molecule has 2 heterocycles. The van der Waals surface area contributed by atoms with Crippen molar-refractivity contribution in [1.29, 1.82) is 0 Å². The molecule has 2 atom stereocenters. The van der Waals surface area contributed by atoms with E-state index in [9.17, 15) is 13.2 Å². The third kappa shape index (κ3) is 4.34. The lowest BCUT2D eigenvalue weighted by Crippen LogP contribution is -2.62. The lowest BCUT2D eigenvalue weighted by atomic mass is 10.0. The largest absolute Gasteiger partial charge is 0.493 e. The molecular weight excluding hydrogens is 428 g/mol. The van der Waals surface area contributed by atoms with E-state index in [4.69, 9.17) is 9.47 Å². The summed E-state index contributed by atoms with van der Waals surface area (Å²) in [5.41, 5.74) is 4.06. The van der Waals surface area contributed by atoms with Crippen molar-refractivity contribution in [2.24, 2.45) is 0 Å². The van der Waals surface area contributed by atoms with E-state index in [1.54, 1.807) is 19.1 Å². The van der Waals surface area contributed by atoms with Crippen LogP contribution < -0.4 is 14.4 Å². The number of fused-ring (bicyclic) bond motifs is 1. The molecule has 0 aromatic heterocycles. The summed E-state index contributed by atoms with van der Waals surface area (Å²) in [6.07, 6.45) is 0.681. The van der Waals surface area contributed by atoms with E-state index in [1.165, 1.54) is 0 Å². The van der Waals surface area contributed by atoms with E-state index in [0.29, 0.717) is 24.5 Å². The fraction of sp³-hybridized carbons (Fsp3) is 0.458. The number of ether oxygens (including phenoxy) is 2. The highest BCUT2D eigenvalue weighted by Gasteiger charge is 2.49. The highest BCUT2D eigenvalue weighted by molar-refractivity contribution is 7.91. The van der Waals surface area contributed by atoms with Gasteiger partial charge in [-0.25, -0.2) is 8.42 Å². The van der Waals surface area contributed by atoms with Gasteiger partial charge in [0.2, 0.25) is 5.91 Å². The molecular formula is C24H30N2O5S. The Morgan fingerprint density at radius 1 is 0.938 bits per heavy atom. The van der Waals surface area contributed by atoms with Crippen LogP contribution in [0.1, 0.15) is 16.7 Å². The van der Waals surface area contributed by atoms with Crippen molar-refractivity contribution in [3.63, 3.8) is 0 Å². The molecule has 172 valence electrons. The number of nitrogens with zero attached hydrogens (tertiary/aromatic N) is 2. The smallest absolute Gasteiger partial charge is 0.241 e. The molecule has 7 nitrogen and oxygen atoms in total. The van der Waals surface area contributed by atoms with Crippen molar-refractivity contribution >= 4 is 21.4 Å². The minimum absolute atomic E-state index is 0.00316. The highest BCUT2D eigenvalue weighted by atomic mass is 32.2. The molecule has 2 saturated heterocycles. The lowest BCUT2D eigenvalue weighted by Gasteiger charge is -2.43. The number of amides is 1. The molecule has 0 bridgehead atoms. The van der Waals surface area contributed by atoms with Crippen molar-refractivity contribution in [3.8, 4) is 11.5 Å². The summed E-state index contributed by atoms with van der Waals surface area (Å²) >= 11 is 0. The molecule has 0 aliphatic carbocycles. The van der Waals surface area contributed by atoms with Crippen LogP contribution in [-0.2, 0) is 21.1 Å². The number of hydrogen-bond acceptors (Lipinski definition) is 6. The summed E-state index contributed by atoms with van der Waals surface area (Å²) in [7, 11) is -0.0255. The summed E-state index contributed by atoms with van der Waals surface area (Å²) in [6, 6.07) is 11.1. The lowest BCUT2D eigenvalue weighted by molar-refractivity contribution is -0.123. The van der Waals surface area contributed by atoms with Gasteiger partial charge in [0.25, 0.3) is 0 Å². The monoisotopic (exact) mass is 458 g/mol. The van der Waals surface area contributed by atoms with Crippen LogP contribution in [0.2, 0.25) is 0 Å². The number of carbonyl (C=O) groups excluding carboxylic acids is 1. The summed E-state index contributed by atoms with van der Waals surface area (Å²) in [5.74, 6) is 1.35. The Morgan fingerprint density at radius 3 is 2.34 bits per heavy atom. The van der Waals surface area contributed by atoms with Crippen molar-refractivity contribution in [2.75, 3.05) is 43.7 Å². The Balaban J connectivity index is 1.57. The van der Waals surface area contributed by atoms with Gasteiger partial charge in [-0.05, 0) is 61.2 Å². The molecule has 4 rings (SSSR count). The second kappa shape index (κ2) is 8.75. The van der Waals surface area contributed by atoms with E-state index in [2.05, 4.69) is 0 Å². The van der Waals surface area contributed by atoms with Gasteiger partial charge in [0.15, 0.2) is 21.3 Å². The molecule has 2 fully saturated rings. The molecule has 0 radical (unpaired) electrons. The molecule has 0 N–H and O–H groups in total. The number of carbonyl (C=O) groups is 1. The third-order valence-corrected chi connectivity index (χ3v) is 8.30. The fourth-order valence-corrected chi connectivity index (χ4v) is 6.70. The Labute approximate surface area is 189 Å². The van der Waals surface area contributed by atoms with Crippen LogP contribution >= 0.6 is 0 Å². The van der Waals surface area contributed by atoms with Gasteiger partial charge in [-0.15, -0.1) is 0 Å². The minimum atomic E-state index is -3.22. The molecule has 0 saturated carbocycles. The van der Waals surface area contributed by atoms with Crippen molar-refractivity contribution < 1.29 is 22.7 Å². The number of anilines is 1. The molecule has 2 aromatic carbocycles. The molecule has 2 aromatic rings. The first-order valence-electron chi connectivity index (χ1n) is 10.8. The van der Waals surface area contributed by atoms with Gasteiger partial charge in [0.1, 0.15) is 0 Å². The van der Waals surface area contributed by atoms with Crippen molar-refractivity contribution in [1.82, 2.24) is 4.90 Å². The maximum absolute atomic E-state index is 13.2. The first-order chi connectivity index (χ1) is 15.2. The van der Waals surface area contributed by atoms with E-state index in [0.717, 1.165) is 22.4 Å². The molecule has 2 unspecified atom stereocenters. The SMILES string of the molecule is COc1ccc(CCN2CC(=O)N(c3ccc(C)c(C)c3)C3CS(=O)(=O)CC32)cc1OC. The molecule has 32 heavy (non-hydrogen) atoms. The summed E-state index contributed by atoms with van der Waals surface area (Å²) in [4.78, 5) is 17.0. The molecule has 2 aliphatic heterocycles. The normalized spacial score (nSPS) is 22.6. The van der Waals surface area contributed by atoms with Crippen LogP contribution in [0.5, 0.6) is 11.5 Å². The predicted molar refractivity (Wildman–Crippen MR) is 124 cm³/mol. The molecule has 1 amide bonds. The van der Waals surface area contributed by atoms with Gasteiger partial charge in [-0.1, -0.05) is 12.1 Å². The fourth-order valence-electron chi connectivity index (χ4n) is 4.72. The topological polar surface area (TPSA) is 76.2 Å². The maximum atomic E-state index is 13.2. The Hall–Kier alpha value is -2.58. The average Bonchev–Trinajstić information content (AvgIpc) is 3.08. The minimum Gasteiger partial charge on any atom is -0.493 e. The van der Waals surface area contributed by atoms with Gasteiger partial charge in [-0.2, -0.15) is 0 Å². The molecule has 8 heteroatoms. The number of methoxy groups -OCH3 is 2. The van der Waals surface area contributed by atoms with Gasteiger partial charge in [0, 0.05) is 18.3 Å². The number of benzene rings is 2. The second-order valence-corrected chi connectivity index (χ2v) is 10.8. The Bertz CT molecular complexity index is 1130. The zero-order valence-corrected chi connectivity index (χ0v) is 19.8. The quantitative estimate of drug-likeness (QED) is 0.662. The van der Waals surface area contributed by atoms with Gasteiger partial charge < -0.3 is 14.4 Å². The summed E-state index contributed by atoms with van der Waals surface area (Å²) in [5, 5.41) is 0. The standard InChI is InChI=1S/C24H30N2O5S/c1-16-5-7-19(11-17(16)2)26-21-15-32(28,29)14-20(21)25(13-24(26)27)10-9-18-6-8-22(30-3)23(12-18)31-4/h5-8,11-12,20-21H,9-10,13-15H2,1-4H3. The Morgan fingerprint density at radius 2 is 1.66 bits per heavy atom. The predicted octanol–water partition coefficient (Wildman–Crippen LogP) is 2.38. The maximum Gasteiger partial charge on any atom is 0.241 e. The third-order valence-electron chi connectivity index (χ3n) is 6.61. The number of piperazine rings is 1. The summed E-state index contributed by atoms with van der Waals surface area (Å²) < 4.78 is 35.8. The van der Waals surface area contributed by atoms with Crippen LogP contribution in [-0.4, -0.2) is 70.1 Å². The number of aryl methyl sites for hydroxylation is 2. The van der Waals surface area contributed by atoms with E-state index in [-0.39, 0.29) is 36.0 Å². The van der Waals surface area contributed by atoms with Gasteiger partial charge in [-0.3, -0.25) is 9.69 Å². The molecule has 2 aliphatic rings. The number of hydrogen-bond donors (Lipinski definition) is 0. The van der Waals surface area contributed by atoms with Crippen molar-refractivity contribution in [3.05, 3.63) is 53.1 Å². The number of sulfone groups is 1. The van der Waals surface area contributed by atoms with Crippen LogP contribution in [0.3, 0.4) is 0 Å². The average molecular weight is 459 g/mol. The Kier molecular flexibility index (Phi) is 6.18. The zero-order chi connectivity index (χ0) is 23.0. The zero-order valence-electron chi connectivity index (χ0n) is 19.0. The second-order valence-electron chi connectivity index (χ2n) is 8.65. The van der Waals surface area contributed by atoms with Crippen LogP contribution in [0, 0.1) is 13.8 Å². The van der Waals surface area contributed by atoms with E-state index < -0.39 is 9.84 Å². The molecule has 0 spiro atoms. The first kappa shape index (κ1) is 22.6. The van der Waals surface area contributed by atoms with Gasteiger partial charge >= 0.3 is 0 Å². The van der Waals surface area contributed by atoms with Crippen LogP contribution in [0.25, 0.3) is 0 Å². The van der Waals surface area contributed by atoms with Gasteiger partial charge in [0.05, 0.1) is 38.3 Å². The van der Waals surface area contributed by atoms with E-state index >= 15 is 0 Å². The van der Waals surface area contributed by atoms with Crippen LogP contribution in [0.4, 0.5) is 5.69 Å².